The molecule has 0 aromatic heterocycles. The zero-order valence-electron chi connectivity index (χ0n) is 7.89. The predicted molar refractivity (Wildman–Crippen MR) is 50.5 cm³/mol. The summed E-state index contributed by atoms with van der Waals surface area (Å²) in [5.74, 6) is -1.93. The summed E-state index contributed by atoms with van der Waals surface area (Å²) in [4.78, 5) is 11.5. The second kappa shape index (κ2) is 3.94. The summed E-state index contributed by atoms with van der Waals surface area (Å²) in [6, 6.07) is 2.83. The monoisotopic (exact) mass is 212 g/mol. The normalized spacial score (nSPS) is 15.9. The second-order valence-corrected chi connectivity index (χ2v) is 3.49. The molecule has 3 nitrogen and oxygen atoms in total. The molecule has 0 radical (unpaired) electrons. The van der Waals surface area contributed by atoms with E-state index in [2.05, 4.69) is 10.6 Å². The lowest BCUT2D eigenvalue weighted by Crippen LogP contribution is -2.56. The van der Waals surface area contributed by atoms with Gasteiger partial charge >= 0.3 is 0 Å². The van der Waals surface area contributed by atoms with Crippen LogP contribution in [0.3, 0.4) is 0 Å². The number of amides is 1. The smallest absolute Gasteiger partial charge is 0.251 e. The van der Waals surface area contributed by atoms with Gasteiger partial charge in [-0.1, -0.05) is 0 Å². The molecule has 0 saturated carbocycles. The molecule has 0 unspecified atom stereocenters. The van der Waals surface area contributed by atoms with Crippen LogP contribution in [-0.2, 0) is 0 Å². The highest BCUT2D eigenvalue weighted by Crippen LogP contribution is 2.08. The third-order valence-corrected chi connectivity index (χ3v) is 2.24. The molecule has 2 rings (SSSR count). The molecule has 80 valence electrons. The minimum absolute atomic E-state index is 0.0133. The highest BCUT2D eigenvalue weighted by atomic mass is 19.1. The Morgan fingerprint density at radius 3 is 2.33 bits per heavy atom. The molecule has 2 N–H and O–H groups in total. The number of carbonyl (C=O) groups is 1. The number of halogens is 2. The molecule has 0 aliphatic carbocycles. The quantitative estimate of drug-likeness (QED) is 0.756. The van der Waals surface area contributed by atoms with Crippen molar-refractivity contribution in [1.29, 1.82) is 0 Å². The van der Waals surface area contributed by atoms with E-state index in [1.54, 1.807) is 0 Å². The van der Waals surface area contributed by atoms with E-state index in [0.29, 0.717) is 13.1 Å². The summed E-state index contributed by atoms with van der Waals surface area (Å²) in [5, 5.41) is 5.63. The van der Waals surface area contributed by atoms with Crippen molar-refractivity contribution in [1.82, 2.24) is 10.6 Å². The van der Waals surface area contributed by atoms with Crippen molar-refractivity contribution in [2.24, 2.45) is 0 Å². The average molecular weight is 212 g/mol. The summed E-state index contributed by atoms with van der Waals surface area (Å²) in [5.41, 5.74) is 0.0133. The second-order valence-electron chi connectivity index (χ2n) is 3.49. The van der Waals surface area contributed by atoms with Crippen molar-refractivity contribution >= 4 is 5.91 Å². The van der Waals surface area contributed by atoms with Crippen LogP contribution in [0.25, 0.3) is 0 Å². The molecule has 0 atom stereocenters. The summed E-state index contributed by atoms with van der Waals surface area (Å²) < 4.78 is 25.6. The molecule has 1 heterocycles. The first-order valence-electron chi connectivity index (χ1n) is 4.63. The van der Waals surface area contributed by atoms with Crippen LogP contribution >= 0.6 is 0 Å². The van der Waals surface area contributed by atoms with Crippen LogP contribution < -0.4 is 10.6 Å². The van der Waals surface area contributed by atoms with E-state index < -0.39 is 17.5 Å². The summed E-state index contributed by atoms with van der Waals surface area (Å²) in [6.07, 6.45) is 0. The fourth-order valence-corrected chi connectivity index (χ4v) is 1.34. The summed E-state index contributed by atoms with van der Waals surface area (Å²) >= 11 is 0. The van der Waals surface area contributed by atoms with E-state index in [-0.39, 0.29) is 11.6 Å². The third kappa shape index (κ3) is 2.30. The Labute approximate surface area is 85.5 Å². The molecule has 1 aliphatic rings. The van der Waals surface area contributed by atoms with Gasteiger partial charge in [-0.3, -0.25) is 4.79 Å². The Kier molecular flexibility index (Phi) is 2.64. The maximum Gasteiger partial charge on any atom is 0.251 e. The number of carbonyl (C=O) groups excluding carboxylic acids is 1. The molecule has 1 amide bonds. The number of benzene rings is 1. The zero-order chi connectivity index (χ0) is 10.8. The molecule has 1 aromatic rings. The lowest BCUT2D eigenvalue weighted by Gasteiger charge is -2.27. The van der Waals surface area contributed by atoms with Gasteiger partial charge in [-0.05, 0) is 12.1 Å². The first-order chi connectivity index (χ1) is 7.15. The van der Waals surface area contributed by atoms with Crippen LogP contribution in [0.4, 0.5) is 8.78 Å². The van der Waals surface area contributed by atoms with E-state index in [9.17, 15) is 13.6 Å². The van der Waals surface area contributed by atoms with Gasteiger partial charge in [0, 0.05) is 24.7 Å². The van der Waals surface area contributed by atoms with E-state index >= 15 is 0 Å². The predicted octanol–water partition coefficient (Wildman–Crippen LogP) is 0.666. The number of nitrogens with one attached hydrogen (secondary N) is 2. The van der Waals surface area contributed by atoms with E-state index in [4.69, 9.17) is 0 Å². The van der Waals surface area contributed by atoms with Crippen molar-refractivity contribution < 1.29 is 13.6 Å². The van der Waals surface area contributed by atoms with Crippen LogP contribution in [0.5, 0.6) is 0 Å². The fraction of sp³-hybridized carbons (Fsp3) is 0.300. The minimum atomic E-state index is -0.744. The number of hydrogen-bond acceptors (Lipinski definition) is 2. The van der Waals surface area contributed by atoms with Gasteiger partial charge < -0.3 is 10.6 Å². The Morgan fingerprint density at radius 1 is 1.27 bits per heavy atom. The molecule has 15 heavy (non-hydrogen) atoms. The highest BCUT2D eigenvalue weighted by molar-refractivity contribution is 5.94. The summed E-state index contributed by atoms with van der Waals surface area (Å²) in [7, 11) is 0. The van der Waals surface area contributed by atoms with Gasteiger partial charge in [0.2, 0.25) is 0 Å². The first-order valence-corrected chi connectivity index (χ1v) is 4.63. The molecule has 5 heteroatoms. The zero-order valence-corrected chi connectivity index (χ0v) is 7.89. The first kappa shape index (κ1) is 10.0. The maximum atomic E-state index is 12.8. The van der Waals surface area contributed by atoms with Gasteiger partial charge in [0.15, 0.2) is 0 Å². The Bertz CT molecular complexity index is 371. The number of hydrogen-bond donors (Lipinski definition) is 2. The Morgan fingerprint density at radius 2 is 1.87 bits per heavy atom. The van der Waals surface area contributed by atoms with Crippen LogP contribution in [0, 0.1) is 11.6 Å². The lowest BCUT2D eigenvalue weighted by molar-refractivity contribution is 0.0923. The minimum Gasteiger partial charge on any atom is -0.347 e. The third-order valence-electron chi connectivity index (χ3n) is 2.24. The van der Waals surface area contributed by atoms with Gasteiger partial charge in [0.05, 0.1) is 6.04 Å². The Hall–Kier alpha value is -1.49. The molecule has 0 spiro atoms. The van der Waals surface area contributed by atoms with Crippen molar-refractivity contribution in [2.75, 3.05) is 13.1 Å². The van der Waals surface area contributed by atoms with Crippen molar-refractivity contribution in [3.8, 4) is 0 Å². The van der Waals surface area contributed by atoms with Gasteiger partial charge in [-0.15, -0.1) is 0 Å². The van der Waals surface area contributed by atoms with Gasteiger partial charge in [-0.2, -0.15) is 0 Å². The van der Waals surface area contributed by atoms with Crippen LogP contribution in [0.2, 0.25) is 0 Å². The molecule has 1 aliphatic heterocycles. The molecular formula is C10H10F2N2O. The van der Waals surface area contributed by atoms with Gasteiger partial charge in [0.25, 0.3) is 5.91 Å². The van der Waals surface area contributed by atoms with Crippen LogP contribution in [0.1, 0.15) is 10.4 Å². The standard InChI is InChI=1S/C10H10F2N2O/c11-7-1-6(2-8(12)3-7)10(15)14-9-4-13-5-9/h1-3,9,13H,4-5H2,(H,14,15). The van der Waals surface area contributed by atoms with Gasteiger partial charge in [-0.25, -0.2) is 8.78 Å². The summed E-state index contributed by atoms with van der Waals surface area (Å²) in [6.45, 7) is 1.40. The molecule has 0 bridgehead atoms. The topological polar surface area (TPSA) is 41.1 Å². The van der Waals surface area contributed by atoms with Gasteiger partial charge in [0.1, 0.15) is 11.6 Å². The molecule has 1 fully saturated rings. The van der Waals surface area contributed by atoms with Crippen molar-refractivity contribution in [3.63, 3.8) is 0 Å². The molecule has 1 aromatic carbocycles. The lowest BCUT2D eigenvalue weighted by atomic mass is 10.1. The molecular weight excluding hydrogens is 202 g/mol. The Balaban J connectivity index is 2.10. The van der Waals surface area contributed by atoms with E-state index in [1.165, 1.54) is 0 Å². The fourth-order valence-electron chi connectivity index (χ4n) is 1.34. The number of rotatable bonds is 2. The van der Waals surface area contributed by atoms with Crippen LogP contribution in [0.15, 0.2) is 18.2 Å². The van der Waals surface area contributed by atoms with E-state index in [1.807, 2.05) is 0 Å². The maximum absolute atomic E-state index is 12.8. The molecule has 1 saturated heterocycles. The van der Waals surface area contributed by atoms with Crippen molar-refractivity contribution in [2.45, 2.75) is 6.04 Å². The highest BCUT2D eigenvalue weighted by Gasteiger charge is 2.19. The average Bonchev–Trinajstić information content (AvgIpc) is 2.09. The largest absolute Gasteiger partial charge is 0.347 e. The van der Waals surface area contributed by atoms with Crippen LogP contribution in [-0.4, -0.2) is 25.0 Å². The SMILES string of the molecule is O=C(NC1CNC1)c1cc(F)cc(F)c1. The van der Waals surface area contributed by atoms with E-state index in [0.717, 1.165) is 18.2 Å². The van der Waals surface area contributed by atoms with Crippen molar-refractivity contribution in [3.05, 3.63) is 35.4 Å².